The molecule has 0 amide bonds. The van der Waals surface area contributed by atoms with Gasteiger partial charge in [0.1, 0.15) is 12.4 Å². The van der Waals surface area contributed by atoms with Gasteiger partial charge in [-0.25, -0.2) is 0 Å². The summed E-state index contributed by atoms with van der Waals surface area (Å²) in [6.07, 6.45) is 0.156. The second kappa shape index (κ2) is 13.5. The summed E-state index contributed by atoms with van der Waals surface area (Å²) in [6, 6.07) is 19.4. The molecule has 0 aliphatic rings. The molecule has 3 aromatic carbocycles. The van der Waals surface area contributed by atoms with Crippen molar-refractivity contribution >= 4 is 26.0 Å². The van der Waals surface area contributed by atoms with Crippen molar-refractivity contribution in [3.63, 3.8) is 0 Å². The Bertz CT molecular complexity index is 1160. The molecule has 0 spiro atoms. The Labute approximate surface area is 214 Å². The lowest BCUT2D eigenvalue weighted by Gasteiger charge is -2.22. The average Bonchev–Trinajstić information content (AvgIpc) is 2.84. The Morgan fingerprint density at radius 3 is 1.67 bits per heavy atom. The van der Waals surface area contributed by atoms with Crippen LogP contribution in [-0.2, 0) is 46.2 Å². The molecule has 0 bridgehead atoms. The molecule has 36 heavy (non-hydrogen) atoms. The van der Waals surface area contributed by atoms with Gasteiger partial charge in [-0.05, 0) is 55.8 Å². The molecule has 0 atom stereocenters. The van der Waals surface area contributed by atoms with Gasteiger partial charge in [0, 0.05) is 5.39 Å². The molecule has 0 aliphatic heterocycles. The van der Waals surface area contributed by atoms with Gasteiger partial charge in [0.25, 0.3) is 0 Å². The fourth-order valence-corrected chi connectivity index (χ4v) is 7.57. The van der Waals surface area contributed by atoms with Crippen LogP contribution in [0.5, 0.6) is 5.75 Å². The van der Waals surface area contributed by atoms with E-state index >= 15 is 0 Å². The molecule has 3 rings (SSSR count). The van der Waals surface area contributed by atoms with E-state index < -0.39 is 15.2 Å². The van der Waals surface area contributed by atoms with E-state index in [1.54, 1.807) is 27.7 Å². The molecule has 0 radical (unpaired) electrons. The minimum atomic E-state index is -3.39. The Hall–Kier alpha value is -1.98. The number of hydrogen-bond donors (Lipinski definition) is 0. The smallest absolute Gasteiger partial charge is 0.335 e. The molecule has 0 saturated heterocycles. The summed E-state index contributed by atoms with van der Waals surface area (Å²) < 4.78 is 55.4. The van der Waals surface area contributed by atoms with Crippen molar-refractivity contribution in [1.82, 2.24) is 0 Å². The third-order valence-corrected chi connectivity index (χ3v) is 9.50. The van der Waals surface area contributed by atoms with E-state index in [9.17, 15) is 9.13 Å². The molecule has 0 heterocycles. The highest BCUT2D eigenvalue weighted by Crippen LogP contribution is 2.55. The molecule has 7 nitrogen and oxygen atoms in total. The van der Waals surface area contributed by atoms with Gasteiger partial charge in [0.05, 0.1) is 38.8 Å². The predicted molar refractivity (Wildman–Crippen MR) is 144 cm³/mol. The largest absolute Gasteiger partial charge is 0.488 e. The first-order valence-corrected chi connectivity index (χ1v) is 15.8. The summed E-state index contributed by atoms with van der Waals surface area (Å²) in [4.78, 5) is 0. The van der Waals surface area contributed by atoms with Crippen LogP contribution >= 0.6 is 15.2 Å². The van der Waals surface area contributed by atoms with Crippen molar-refractivity contribution in [2.45, 2.75) is 46.6 Å². The number of hydrogen-bond acceptors (Lipinski definition) is 7. The fraction of sp³-hybridized carbons (Fsp3) is 0.407. The highest BCUT2D eigenvalue weighted by atomic mass is 31.2. The fourth-order valence-electron chi connectivity index (χ4n) is 4.12. The third kappa shape index (κ3) is 7.52. The predicted octanol–water partition coefficient (Wildman–Crippen LogP) is 7.95. The van der Waals surface area contributed by atoms with Gasteiger partial charge in [0.15, 0.2) is 0 Å². The first kappa shape index (κ1) is 28.6. The SMILES string of the molecule is CCOP(=O)(Cc1cccc2c(OCc3ccccc3)ccc(CP(=O)(OCC)OCC)c12)OCC. The van der Waals surface area contributed by atoms with Crippen molar-refractivity contribution in [3.05, 3.63) is 77.4 Å². The van der Waals surface area contributed by atoms with Crippen LogP contribution in [0.15, 0.2) is 60.7 Å². The Kier molecular flexibility index (Phi) is 10.7. The van der Waals surface area contributed by atoms with E-state index in [1.165, 1.54) is 0 Å². The molecule has 0 saturated carbocycles. The van der Waals surface area contributed by atoms with Gasteiger partial charge in [-0.3, -0.25) is 9.13 Å². The lowest BCUT2D eigenvalue weighted by Crippen LogP contribution is -2.04. The van der Waals surface area contributed by atoms with Crippen molar-refractivity contribution in [2.75, 3.05) is 26.4 Å². The number of ether oxygens (including phenoxy) is 1. The highest BCUT2D eigenvalue weighted by Gasteiger charge is 2.29. The minimum Gasteiger partial charge on any atom is -0.488 e. The summed E-state index contributed by atoms with van der Waals surface area (Å²) in [7, 11) is -6.79. The van der Waals surface area contributed by atoms with Crippen molar-refractivity contribution in [2.24, 2.45) is 0 Å². The summed E-state index contributed by atoms with van der Waals surface area (Å²) >= 11 is 0. The number of fused-ring (bicyclic) bond motifs is 1. The summed E-state index contributed by atoms with van der Waals surface area (Å²) in [6.45, 7) is 8.62. The van der Waals surface area contributed by atoms with Gasteiger partial charge in [-0.15, -0.1) is 0 Å². The zero-order valence-corrected chi connectivity index (χ0v) is 23.3. The number of benzene rings is 3. The molecular formula is C27H36O7P2. The number of rotatable bonds is 15. The lowest BCUT2D eigenvalue weighted by molar-refractivity contribution is 0.218. The monoisotopic (exact) mass is 534 g/mol. The molecule has 3 aromatic rings. The molecule has 0 aliphatic carbocycles. The van der Waals surface area contributed by atoms with Crippen molar-refractivity contribution in [1.29, 1.82) is 0 Å². The second-order valence-electron chi connectivity index (χ2n) is 8.05. The van der Waals surface area contributed by atoms with E-state index in [1.807, 2.05) is 60.7 Å². The normalized spacial score (nSPS) is 12.2. The summed E-state index contributed by atoms with van der Waals surface area (Å²) in [5.41, 5.74) is 2.56. The van der Waals surface area contributed by atoms with Crippen LogP contribution in [0.4, 0.5) is 0 Å². The van der Waals surface area contributed by atoms with Gasteiger partial charge < -0.3 is 22.8 Å². The zero-order chi connectivity index (χ0) is 26.0. The van der Waals surface area contributed by atoms with Crippen LogP contribution in [0.3, 0.4) is 0 Å². The van der Waals surface area contributed by atoms with E-state index in [-0.39, 0.29) is 38.8 Å². The maximum absolute atomic E-state index is 13.4. The first-order valence-electron chi connectivity index (χ1n) is 12.3. The van der Waals surface area contributed by atoms with Crippen LogP contribution in [-0.4, -0.2) is 26.4 Å². The van der Waals surface area contributed by atoms with Crippen molar-refractivity contribution < 1.29 is 32.0 Å². The quantitative estimate of drug-likeness (QED) is 0.183. The molecule has 0 aromatic heterocycles. The Morgan fingerprint density at radius 1 is 0.611 bits per heavy atom. The summed E-state index contributed by atoms with van der Waals surface area (Å²) in [5.74, 6) is 0.671. The topological polar surface area (TPSA) is 80.3 Å². The summed E-state index contributed by atoms with van der Waals surface area (Å²) in [5, 5.41) is 1.61. The standard InChI is InChI=1S/C27H36O7P2/c1-5-31-35(28,32-6-2)20-23-15-12-16-25-26(30-19-22-13-10-9-11-14-22)18-17-24(27(23)25)21-36(29,33-7-3)34-8-4/h9-18H,5-8,19-21H2,1-4H3. The van der Waals surface area contributed by atoms with Crippen LogP contribution in [0.25, 0.3) is 10.8 Å². The van der Waals surface area contributed by atoms with E-state index in [0.717, 1.165) is 27.5 Å². The molecular weight excluding hydrogens is 498 g/mol. The Morgan fingerprint density at radius 2 is 1.14 bits per heavy atom. The Balaban J connectivity index is 2.11. The van der Waals surface area contributed by atoms with Gasteiger partial charge in [-0.2, -0.15) is 0 Å². The van der Waals surface area contributed by atoms with Crippen LogP contribution in [0.2, 0.25) is 0 Å². The highest BCUT2D eigenvalue weighted by molar-refractivity contribution is 7.53. The van der Waals surface area contributed by atoms with Crippen molar-refractivity contribution in [3.8, 4) is 5.75 Å². The van der Waals surface area contributed by atoms with E-state index in [0.29, 0.717) is 12.4 Å². The second-order valence-corrected chi connectivity index (χ2v) is 12.2. The third-order valence-electron chi connectivity index (χ3n) is 5.44. The molecule has 0 fully saturated rings. The lowest BCUT2D eigenvalue weighted by atomic mass is 10.00. The van der Waals surface area contributed by atoms with Gasteiger partial charge in [0.2, 0.25) is 0 Å². The first-order chi connectivity index (χ1) is 17.4. The van der Waals surface area contributed by atoms with Crippen LogP contribution in [0, 0.1) is 0 Å². The molecule has 0 unspecified atom stereocenters. The van der Waals surface area contributed by atoms with E-state index in [2.05, 4.69) is 0 Å². The van der Waals surface area contributed by atoms with Gasteiger partial charge >= 0.3 is 15.2 Å². The van der Waals surface area contributed by atoms with Gasteiger partial charge in [-0.1, -0.05) is 54.6 Å². The average molecular weight is 535 g/mol. The zero-order valence-electron chi connectivity index (χ0n) is 21.5. The molecule has 0 N–H and O–H groups in total. The minimum absolute atomic E-state index is 0.0781. The van der Waals surface area contributed by atoms with Crippen LogP contribution < -0.4 is 4.74 Å². The molecule has 9 heteroatoms. The molecule has 196 valence electrons. The maximum atomic E-state index is 13.4. The van der Waals surface area contributed by atoms with Crippen LogP contribution in [0.1, 0.15) is 44.4 Å². The maximum Gasteiger partial charge on any atom is 0.335 e. The van der Waals surface area contributed by atoms with E-state index in [4.69, 9.17) is 22.8 Å².